The zero-order valence-corrected chi connectivity index (χ0v) is 22.4. The Hall–Kier alpha value is -2.85. The van der Waals surface area contributed by atoms with Gasteiger partial charge in [-0.1, -0.05) is 6.58 Å². The van der Waals surface area contributed by atoms with Gasteiger partial charge in [-0.3, -0.25) is 0 Å². The first kappa shape index (κ1) is 40.1. The second-order valence-electron chi connectivity index (χ2n) is 8.77. The molecule has 0 unspecified atom stereocenters. The standard InChI is InChI=1S/C21H24F12O10/c1-11(2)12(34)39-6-15(3,7-40-13(35)16(18(22,23)24,19(25,26)27)42-9-37-4)8-41-14(36)17(20(28,29)30,21(31,32)33)43-10-38-5/h1,6-10H2,2-5H3. The molecule has 0 aliphatic heterocycles. The molecule has 0 saturated heterocycles. The van der Waals surface area contributed by atoms with Crippen LogP contribution in [0.25, 0.3) is 0 Å². The van der Waals surface area contributed by atoms with Gasteiger partial charge in [0.1, 0.15) is 33.4 Å². The summed E-state index contributed by atoms with van der Waals surface area (Å²) < 4.78 is 190. The molecule has 22 heteroatoms. The molecular formula is C21H24F12O10. The molecule has 0 aromatic rings. The third-order valence-corrected chi connectivity index (χ3v) is 4.96. The third kappa shape index (κ3) is 9.08. The van der Waals surface area contributed by atoms with Crippen molar-refractivity contribution in [3.8, 4) is 0 Å². The number of halogens is 12. The Morgan fingerprint density at radius 1 is 0.581 bits per heavy atom. The smallest absolute Gasteiger partial charge is 0.437 e. The molecule has 0 fully saturated rings. The second kappa shape index (κ2) is 14.3. The summed E-state index contributed by atoms with van der Waals surface area (Å²) in [5.74, 6) is -7.79. The van der Waals surface area contributed by atoms with E-state index in [-0.39, 0.29) is 0 Å². The summed E-state index contributed by atoms with van der Waals surface area (Å²) in [6.45, 7) is -3.78. The number of esters is 3. The van der Waals surface area contributed by atoms with E-state index in [0.29, 0.717) is 21.1 Å². The predicted molar refractivity (Wildman–Crippen MR) is 111 cm³/mol. The van der Waals surface area contributed by atoms with Gasteiger partial charge in [0.25, 0.3) is 0 Å². The zero-order chi connectivity index (χ0) is 34.3. The van der Waals surface area contributed by atoms with Gasteiger partial charge in [0, 0.05) is 19.8 Å². The number of ether oxygens (including phenoxy) is 7. The first-order chi connectivity index (χ1) is 19.2. The minimum atomic E-state index is -6.58. The van der Waals surface area contributed by atoms with E-state index in [0.717, 1.165) is 6.92 Å². The third-order valence-electron chi connectivity index (χ3n) is 4.96. The first-order valence-corrected chi connectivity index (χ1v) is 10.9. The Bertz CT molecular complexity index is 897. The average molecular weight is 664 g/mol. The molecule has 0 N–H and O–H groups in total. The van der Waals surface area contributed by atoms with Gasteiger partial charge in [-0.2, -0.15) is 52.7 Å². The lowest BCUT2D eigenvalue weighted by Crippen LogP contribution is -2.65. The molecular weight excluding hydrogens is 640 g/mol. The van der Waals surface area contributed by atoms with E-state index in [1.54, 1.807) is 0 Å². The fourth-order valence-electron chi connectivity index (χ4n) is 2.69. The van der Waals surface area contributed by atoms with Gasteiger partial charge >= 0.3 is 53.8 Å². The van der Waals surface area contributed by atoms with Gasteiger partial charge in [-0.15, -0.1) is 0 Å². The highest BCUT2D eigenvalue weighted by molar-refractivity contribution is 5.87. The minimum absolute atomic E-state index is 0.390. The van der Waals surface area contributed by atoms with Crippen molar-refractivity contribution in [3.63, 3.8) is 0 Å². The quantitative estimate of drug-likeness (QED) is 0.0831. The maximum absolute atomic E-state index is 13.5. The summed E-state index contributed by atoms with van der Waals surface area (Å²) in [6.07, 6.45) is -26.3. The Balaban J connectivity index is 6.56. The molecule has 0 aromatic heterocycles. The lowest BCUT2D eigenvalue weighted by atomic mass is 9.93. The van der Waals surface area contributed by atoms with E-state index in [9.17, 15) is 67.1 Å². The molecule has 0 bridgehead atoms. The molecule has 252 valence electrons. The number of alkyl halides is 12. The maximum atomic E-state index is 13.5. The Labute approximate surface area is 234 Å². The van der Waals surface area contributed by atoms with Crippen molar-refractivity contribution in [2.75, 3.05) is 47.6 Å². The number of carbonyl (C=O) groups excluding carboxylic acids is 3. The van der Waals surface area contributed by atoms with E-state index in [4.69, 9.17) is 0 Å². The summed E-state index contributed by atoms with van der Waals surface area (Å²) in [5.41, 5.74) is -14.4. The molecule has 0 amide bonds. The minimum Gasteiger partial charge on any atom is -0.462 e. The van der Waals surface area contributed by atoms with Crippen molar-refractivity contribution in [2.45, 2.75) is 49.8 Å². The number of methoxy groups -OCH3 is 2. The van der Waals surface area contributed by atoms with Gasteiger partial charge < -0.3 is 33.2 Å². The van der Waals surface area contributed by atoms with Crippen LogP contribution >= 0.6 is 0 Å². The number of hydrogen-bond donors (Lipinski definition) is 0. The van der Waals surface area contributed by atoms with Crippen LogP contribution in [0.1, 0.15) is 13.8 Å². The van der Waals surface area contributed by atoms with Crippen LogP contribution in [0, 0.1) is 5.41 Å². The van der Waals surface area contributed by atoms with Gasteiger partial charge in [0.2, 0.25) is 0 Å². The molecule has 0 radical (unpaired) electrons. The Morgan fingerprint density at radius 2 is 0.860 bits per heavy atom. The molecule has 0 aliphatic rings. The first-order valence-electron chi connectivity index (χ1n) is 10.9. The SMILES string of the molecule is C=C(C)C(=O)OCC(C)(COC(=O)C(OCOC)(C(F)(F)F)C(F)(F)F)COC(=O)C(OCOC)(C(F)(F)F)C(F)(F)F. The normalized spacial score (nSPS) is 13.9. The van der Waals surface area contributed by atoms with Crippen molar-refractivity contribution in [2.24, 2.45) is 5.41 Å². The fraction of sp³-hybridized carbons (Fsp3) is 0.762. The van der Waals surface area contributed by atoms with Crippen LogP contribution in [0.15, 0.2) is 12.2 Å². The monoisotopic (exact) mass is 664 g/mol. The van der Waals surface area contributed by atoms with Crippen molar-refractivity contribution < 1.29 is 100 Å². The maximum Gasteiger partial charge on any atom is 0.437 e. The van der Waals surface area contributed by atoms with Crippen molar-refractivity contribution in [3.05, 3.63) is 12.2 Å². The summed E-state index contributed by atoms with van der Waals surface area (Å²) in [5, 5.41) is 0. The zero-order valence-electron chi connectivity index (χ0n) is 22.4. The van der Waals surface area contributed by atoms with Gasteiger partial charge in [-0.25, -0.2) is 14.4 Å². The summed E-state index contributed by atoms with van der Waals surface area (Å²) in [7, 11) is 1.17. The van der Waals surface area contributed by atoms with E-state index in [2.05, 4.69) is 39.7 Å². The highest BCUT2D eigenvalue weighted by Crippen LogP contribution is 2.48. The molecule has 0 aliphatic carbocycles. The number of hydrogen-bond acceptors (Lipinski definition) is 10. The van der Waals surface area contributed by atoms with Crippen LogP contribution < -0.4 is 0 Å². The molecule has 0 spiro atoms. The van der Waals surface area contributed by atoms with Gasteiger partial charge in [0.05, 0.1) is 5.41 Å². The highest BCUT2D eigenvalue weighted by atomic mass is 19.4. The average Bonchev–Trinajstić information content (AvgIpc) is 2.82. The van der Waals surface area contributed by atoms with Crippen LogP contribution in [0.3, 0.4) is 0 Å². The van der Waals surface area contributed by atoms with E-state index in [1.165, 1.54) is 0 Å². The number of rotatable bonds is 15. The summed E-state index contributed by atoms with van der Waals surface area (Å²) in [4.78, 5) is 36.2. The predicted octanol–water partition coefficient (Wildman–Crippen LogP) is 4.17. The van der Waals surface area contributed by atoms with E-state index < -0.39 is 98.2 Å². The van der Waals surface area contributed by atoms with Crippen molar-refractivity contribution in [1.29, 1.82) is 0 Å². The topological polar surface area (TPSA) is 116 Å². The number of carbonyl (C=O) groups is 3. The summed E-state index contributed by atoms with van der Waals surface area (Å²) >= 11 is 0. The molecule has 0 atom stereocenters. The lowest BCUT2D eigenvalue weighted by molar-refractivity contribution is -0.380. The largest absolute Gasteiger partial charge is 0.462 e. The molecule has 43 heavy (non-hydrogen) atoms. The highest BCUT2D eigenvalue weighted by Gasteiger charge is 2.80. The van der Waals surface area contributed by atoms with Crippen LogP contribution in [0.2, 0.25) is 0 Å². The second-order valence-corrected chi connectivity index (χ2v) is 8.77. The fourth-order valence-corrected chi connectivity index (χ4v) is 2.69. The van der Waals surface area contributed by atoms with Crippen LogP contribution in [-0.2, 0) is 47.5 Å². The Kier molecular flexibility index (Phi) is 13.3. The van der Waals surface area contributed by atoms with Crippen molar-refractivity contribution in [1.82, 2.24) is 0 Å². The molecule has 0 saturated carbocycles. The van der Waals surface area contributed by atoms with E-state index >= 15 is 0 Å². The van der Waals surface area contributed by atoms with E-state index in [1.807, 2.05) is 0 Å². The van der Waals surface area contributed by atoms with Crippen LogP contribution in [-0.4, -0.2) is 101 Å². The molecule has 0 aromatic carbocycles. The molecule has 0 rings (SSSR count). The van der Waals surface area contributed by atoms with Crippen LogP contribution in [0.4, 0.5) is 52.7 Å². The summed E-state index contributed by atoms with van der Waals surface area (Å²) in [6, 6.07) is 0. The van der Waals surface area contributed by atoms with Crippen LogP contribution in [0.5, 0.6) is 0 Å². The Morgan fingerprint density at radius 3 is 1.09 bits per heavy atom. The van der Waals surface area contributed by atoms with Crippen molar-refractivity contribution >= 4 is 17.9 Å². The van der Waals surface area contributed by atoms with Gasteiger partial charge in [-0.05, 0) is 13.8 Å². The molecule has 0 heterocycles. The lowest BCUT2D eigenvalue weighted by Gasteiger charge is -2.37. The van der Waals surface area contributed by atoms with Gasteiger partial charge in [0.15, 0.2) is 0 Å². The molecule has 10 nitrogen and oxygen atoms in total.